The molecule has 2 nitrogen and oxygen atoms in total. The van der Waals surface area contributed by atoms with Gasteiger partial charge in [-0.15, -0.1) is 0 Å². The normalized spacial score (nSPS) is 11.2. The molecule has 1 heterocycles. The van der Waals surface area contributed by atoms with Crippen LogP contribution in [0.15, 0.2) is 48.7 Å². The molecule has 108 valence electrons. The number of hydrogen-bond donors (Lipinski definition) is 1. The van der Waals surface area contributed by atoms with Crippen molar-refractivity contribution in [2.75, 3.05) is 6.54 Å². The summed E-state index contributed by atoms with van der Waals surface area (Å²) >= 11 is 0. The minimum Gasteiger partial charge on any atom is -0.343 e. The molecule has 0 radical (unpaired) electrons. The van der Waals surface area contributed by atoms with Gasteiger partial charge in [0.05, 0.1) is 5.52 Å². The van der Waals surface area contributed by atoms with E-state index in [1.54, 1.807) is 6.07 Å². The van der Waals surface area contributed by atoms with Crippen LogP contribution in [0.1, 0.15) is 16.7 Å². The van der Waals surface area contributed by atoms with E-state index in [-0.39, 0.29) is 5.82 Å². The largest absolute Gasteiger partial charge is 0.343 e. The van der Waals surface area contributed by atoms with Crippen molar-refractivity contribution in [1.82, 2.24) is 4.57 Å². The average molecular weight is 282 g/mol. The smallest absolute Gasteiger partial charge is 0.123 e. The Hall–Kier alpha value is -2.13. The highest BCUT2D eigenvalue weighted by Gasteiger charge is 2.08. The Kier molecular flexibility index (Phi) is 3.76. The summed E-state index contributed by atoms with van der Waals surface area (Å²) in [5, 5.41) is 1.22. The molecule has 0 atom stereocenters. The molecule has 3 aromatic rings. The predicted molar refractivity (Wildman–Crippen MR) is 84.9 cm³/mol. The molecular weight excluding hydrogens is 263 g/mol. The summed E-state index contributed by atoms with van der Waals surface area (Å²) in [5.41, 5.74) is 10.3. The lowest BCUT2D eigenvalue weighted by Gasteiger charge is -2.11. The molecule has 0 aliphatic carbocycles. The second-order valence-corrected chi connectivity index (χ2v) is 5.41. The molecule has 0 fully saturated rings. The topological polar surface area (TPSA) is 30.9 Å². The van der Waals surface area contributed by atoms with Crippen molar-refractivity contribution in [2.24, 2.45) is 5.73 Å². The molecule has 0 unspecified atom stereocenters. The predicted octanol–water partition coefficient (Wildman–Crippen LogP) is 3.64. The third-order valence-electron chi connectivity index (χ3n) is 3.93. The number of rotatable bonds is 4. The van der Waals surface area contributed by atoms with Gasteiger partial charge in [0.15, 0.2) is 0 Å². The Labute approximate surface area is 124 Å². The fourth-order valence-electron chi connectivity index (χ4n) is 2.85. The molecular formula is C18H19FN2. The number of aromatic nitrogens is 1. The van der Waals surface area contributed by atoms with Crippen LogP contribution >= 0.6 is 0 Å². The Morgan fingerprint density at radius 1 is 1.10 bits per heavy atom. The first-order valence-corrected chi connectivity index (χ1v) is 7.21. The molecule has 0 amide bonds. The maximum absolute atomic E-state index is 13.2. The van der Waals surface area contributed by atoms with Crippen molar-refractivity contribution in [2.45, 2.75) is 19.9 Å². The zero-order chi connectivity index (χ0) is 14.8. The van der Waals surface area contributed by atoms with Crippen molar-refractivity contribution in [3.05, 3.63) is 71.2 Å². The van der Waals surface area contributed by atoms with Gasteiger partial charge in [-0.05, 0) is 60.2 Å². The number of para-hydroxylation sites is 1. The number of halogens is 1. The third kappa shape index (κ3) is 2.69. The first-order valence-electron chi connectivity index (χ1n) is 7.21. The summed E-state index contributed by atoms with van der Waals surface area (Å²) in [6.07, 6.45) is 2.96. The number of fused-ring (bicyclic) bond motifs is 1. The van der Waals surface area contributed by atoms with Gasteiger partial charge in [-0.2, -0.15) is 0 Å². The molecule has 3 heteroatoms. The highest BCUT2D eigenvalue weighted by molar-refractivity contribution is 5.83. The lowest BCUT2D eigenvalue weighted by atomic mass is 10.1. The van der Waals surface area contributed by atoms with Gasteiger partial charge in [0, 0.05) is 12.7 Å². The Balaban J connectivity index is 2.04. The first kappa shape index (κ1) is 13.8. The van der Waals surface area contributed by atoms with E-state index in [0.29, 0.717) is 6.54 Å². The summed E-state index contributed by atoms with van der Waals surface area (Å²) in [6, 6.07) is 13.4. The van der Waals surface area contributed by atoms with Gasteiger partial charge in [-0.3, -0.25) is 0 Å². The first-order chi connectivity index (χ1) is 10.2. The van der Waals surface area contributed by atoms with Crippen LogP contribution in [0.4, 0.5) is 4.39 Å². The van der Waals surface area contributed by atoms with Gasteiger partial charge in [0.25, 0.3) is 0 Å². The lowest BCUT2D eigenvalue weighted by Crippen LogP contribution is -2.06. The summed E-state index contributed by atoms with van der Waals surface area (Å²) in [4.78, 5) is 0. The van der Waals surface area contributed by atoms with Crippen LogP contribution in [0, 0.1) is 12.7 Å². The molecule has 0 aliphatic rings. The molecule has 0 aliphatic heterocycles. The zero-order valence-electron chi connectivity index (χ0n) is 12.1. The van der Waals surface area contributed by atoms with Gasteiger partial charge in [0.2, 0.25) is 0 Å². The number of hydrogen-bond acceptors (Lipinski definition) is 1. The van der Waals surface area contributed by atoms with Crippen molar-refractivity contribution < 1.29 is 4.39 Å². The van der Waals surface area contributed by atoms with Gasteiger partial charge >= 0.3 is 0 Å². The molecule has 0 spiro atoms. The number of benzene rings is 2. The van der Waals surface area contributed by atoms with Crippen LogP contribution in [0.2, 0.25) is 0 Å². The summed E-state index contributed by atoms with van der Waals surface area (Å²) in [7, 11) is 0. The van der Waals surface area contributed by atoms with E-state index in [0.717, 1.165) is 24.1 Å². The van der Waals surface area contributed by atoms with E-state index >= 15 is 0 Å². The fourth-order valence-corrected chi connectivity index (χ4v) is 2.85. The SMILES string of the molecule is Cc1cc(F)ccc1Cn1ccc2cccc(CCN)c21. The summed E-state index contributed by atoms with van der Waals surface area (Å²) in [6.45, 7) is 3.34. The second kappa shape index (κ2) is 5.70. The molecule has 2 N–H and O–H groups in total. The van der Waals surface area contributed by atoms with Crippen LogP contribution in [0.25, 0.3) is 10.9 Å². The number of nitrogens with two attached hydrogens (primary N) is 1. The molecule has 3 rings (SSSR count). The number of nitrogens with zero attached hydrogens (tertiary/aromatic N) is 1. The quantitative estimate of drug-likeness (QED) is 0.778. The standard InChI is InChI=1S/C18H19FN2/c1-13-11-17(19)6-5-16(13)12-21-10-8-15-4-2-3-14(7-9-20)18(15)21/h2-6,8,10-11H,7,9,12,20H2,1H3. The van der Waals surface area contributed by atoms with E-state index in [2.05, 4.69) is 35.0 Å². The van der Waals surface area contributed by atoms with E-state index < -0.39 is 0 Å². The van der Waals surface area contributed by atoms with Crippen LogP contribution < -0.4 is 5.73 Å². The van der Waals surface area contributed by atoms with Crippen molar-refractivity contribution >= 4 is 10.9 Å². The van der Waals surface area contributed by atoms with E-state index in [4.69, 9.17) is 5.73 Å². The van der Waals surface area contributed by atoms with Gasteiger partial charge in [-0.25, -0.2) is 4.39 Å². The van der Waals surface area contributed by atoms with E-state index in [1.807, 2.05) is 13.0 Å². The van der Waals surface area contributed by atoms with E-state index in [1.165, 1.54) is 22.5 Å². The van der Waals surface area contributed by atoms with E-state index in [9.17, 15) is 4.39 Å². The maximum Gasteiger partial charge on any atom is 0.123 e. The highest BCUT2D eigenvalue weighted by atomic mass is 19.1. The van der Waals surface area contributed by atoms with Crippen molar-refractivity contribution in [3.8, 4) is 0 Å². The van der Waals surface area contributed by atoms with Crippen molar-refractivity contribution in [1.29, 1.82) is 0 Å². The second-order valence-electron chi connectivity index (χ2n) is 5.41. The molecule has 2 aromatic carbocycles. The van der Waals surface area contributed by atoms with Crippen molar-refractivity contribution in [3.63, 3.8) is 0 Å². The Morgan fingerprint density at radius 2 is 1.95 bits per heavy atom. The lowest BCUT2D eigenvalue weighted by molar-refractivity contribution is 0.625. The summed E-state index contributed by atoms with van der Waals surface area (Å²) < 4.78 is 15.4. The van der Waals surface area contributed by atoms with Crippen LogP contribution in [-0.4, -0.2) is 11.1 Å². The Morgan fingerprint density at radius 3 is 2.71 bits per heavy atom. The molecule has 1 aromatic heterocycles. The molecule has 21 heavy (non-hydrogen) atoms. The molecule has 0 bridgehead atoms. The van der Waals surface area contributed by atoms with Gasteiger partial charge < -0.3 is 10.3 Å². The highest BCUT2D eigenvalue weighted by Crippen LogP contribution is 2.23. The van der Waals surface area contributed by atoms with Crippen LogP contribution in [0.3, 0.4) is 0 Å². The minimum atomic E-state index is -0.183. The number of aryl methyl sites for hydroxylation is 1. The third-order valence-corrected chi connectivity index (χ3v) is 3.93. The zero-order valence-corrected chi connectivity index (χ0v) is 12.1. The average Bonchev–Trinajstić information content (AvgIpc) is 2.87. The molecule has 0 saturated heterocycles. The fraction of sp³-hybridized carbons (Fsp3) is 0.222. The summed E-state index contributed by atoms with van der Waals surface area (Å²) in [5.74, 6) is -0.183. The maximum atomic E-state index is 13.2. The van der Waals surface area contributed by atoms with Crippen LogP contribution in [0.5, 0.6) is 0 Å². The van der Waals surface area contributed by atoms with Gasteiger partial charge in [0.1, 0.15) is 5.82 Å². The Bertz CT molecular complexity index is 774. The van der Waals surface area contributed by atoms with Crippen LogP contribution in [-0.2, 0) is 13.0 Å². The van der Waals surface area contributed by atoms with Gasteiger partial charge in [-0.1, -0.05) is 24.3 Å². The minimum absolute atomic E-state index is 0.183. The monoisotopic (exact) mass is 282 g/mol. The molecule has 0 saturated carbocycles.